The molecule has 2 aliphatic rings. The van der Waals surface area contributed by atoms with Crippen LogP contribution < -0.4 is 10.6 Å². The number of likely N-dealkylation sites (tertiary alicyclic amines) is 1. The summed E-state index contributed by atoms with van der Waals surface area (Å²) in [6.07, 6.45) is 7.12. The van der Waals surface area contributed by atoms with Gasteiger partial charge in [0.25, 0.3) is 0 Å². The first kappa shape index (κ1) is 14.4. The second-order valence-electron chi connectivity index (χ2n) is 6.49. The quantitative estimate of drug-likeness (QED) is 0.822. The van der Waals surface area contributed by atoms with Gasteiger partial charge < -0.3 is 10.6 Å². The van der Waals surface area contributed by atoms with Crippen molar-refractivity contribution >= 4 is 11.6 Å². The molecule has 1 aliphatic carbocycles. The summed E-state index contributed by atoms with van der Waals surface area (Å²) in [6.45, 7) is 7.00. The largest absolute Gasteiger partial charge is 0.378 e. The number of aromatic nitrogens is 2. The SMILES string of the molecule is CC(C)N1CCC(Nc2cnn(CC(=O)NC3CC3)c2)C1. The monoisotopic (exact) mass is 291 g/mol. The predicted molar refractivity (Wildman–Crippen MR) is 82.1 cm³/mol. The van der Waals surface area contributed by atoms with E-state index in [9.17, 15) is 4.79 Å². The zero-order chi connectivity index (χ0) is 14.8. The minimum Gasteiger partial charge on any atom is -0.378 e. The van der Waals surface area contributed by atoms with Gasteiger partial charge in [0.2, 0.25) is 5.91 Å². The molecule has 6 heteroatoms. The van der Waals surface area contributed by atoms with Gasteiger partial charge in [0.1, 0.15) is 6.54 Å². The molecule has 1 amide bonds. The lowest BCUT2D eigenvalue weighted by Gasteiger charge is -2.20. The number of hydrogen-bond donors (Lipinski definition) is 2. The van der Waals surface area contributed by atoms with Gasteiger partial charge in [-0.05, 0) is 33.1 Å². The van der Waals surface area contributed by atoms with Crippen molar-refractivity contribution in [3.8, 4) is 0 Å². The summed E-state index contributed by atoms with van der Waals surface area (Å²) in [4.78, 5) is 14.2. The number of rotatable bonds is 6. The van der Waals surface area contributed by atoms with Crippen LogP contribution in [-0.2, 0) is 11.3 Å². The number of anilines is 1. The van der Waals surface area contributed by atoms with E-state index >= 15 is 0 Å². The van der Waals surface area contributed by atoms with Crippen LogP contribution in [0, 0.1) is 0 Å². The zero-order valence-corrected chi connectivity index (χ0v) is 12.9. The van der Waals surface area contributed by atoms with Crippen molar-refractivity contribution in [1.29, 1.82) is 0 Å². The number of nitrogens with one attached hydrogen (secondary N) is 2. The fraction of sp³-hybridized carbons (Fsp3) is 0.733. The molecule has 1 saturated carbocycles. The molecular weight excluding hydrogens is 266 g/mol. The molecule has 3 rings (SSSR count). The summed E-state index contributed by atoms with van der Waals surface area (Å²) < 4.78 is 1.70. The minimum absolute atomic E-state index is 0.0546. The molecule has 2 fully saturated rings. The highest BCUT2D eigenvalue weighted by molar-refractivity contribution is 5.76. The molecule has 0 radical (unpaired) electrons. The topological polar surface area (TPSA) is 62.2 Å². The van der Waals surface area contributed by atoms with E-state index in [2.05, 4.69) is 34.5 Å². The number of carbonyl (C=O) groups excluding carboxylic acids is 1. The van der Waals surface area contributed by atoms with Crippen molar-refractivity contribution in [1.82, 2.24) is 20.0 Å². The summed E-state index contributed by atoms with van der Waals surface area (Å²) in [5, 5.41) is 10.8. The predicted octanol–water partition coefficient (Wildman–Crippen LogP) is 1.06. The first-order valence-corrected chi connectivity index (χ1v) is 7.92. The Bertz CT molecular complexity index is 494. The van der Waals surface area contributed by atoms with Crippen LogP contribution in [0.3, 0.4) is 0 Å². The Morgan fingerprint density at radius 2 is 2.19 bits per heavy atom. The Balaban J connectivity index is 1.47. The molecule has 1 aromatic rings. The first-order chi connectivity index (χ1) is 10.1. The van der Waals surface area contributed by atoms with E-state index in [1.165, 1.54) is 0 Å². The van der Waals surface area contributed by atoms with Crippen LogP contribution in [0.4, 0.5) is 5.69 Å². The van der Waals surface area contributed by atoms with Gasteiger partial charge in [-0.2, -0.15) is 5.10 Å². The molecule has 6 nitrogen and oxygen atoms in total. The van der Waals surface area contributed by atoms with Crippen LogP contribution >= 0.6 is 0 Å². The Kier molecular flexibility index (Phi) is 4.14. The van der Waals surface area contributed by atoms with Gasteiger partial charge in [0.05, 0.1) is 11.9 Å². The van der Waals surface area contributed by atoms with Gasteiger partial charge >= 0.3 is 0 Å². The number of amides is 1. The third kappa shape index (κ3) is 3.97. The van der Waals surface area contributed by atoms with Crippen molar-refractivity contribution < 1.29 is 4.79 Å². The van der Waals surface area contributed by atoms with E-state index in [1.807, 2.05) is 12.4 Å². The van der Waals surface area contributed by atoms with E-state index in [-0.39, 0.29) is 5.91 Å². The lowest BCUT2D eigenvalue weighted by molar-refractivity contribution is -0.122. The lowest BCUT2D eigenvalue weighted by Crippen LogP contribution is -2.31. The second-order valence-corrected chi connectivity index (χ2v) is 6.49. The molecule has 0 aromatic carbocycles. The van der Waals surface area contributed by atoms with E-state index in [0.717, 1.165) is 38.0 Å². The number of carbonyl (C=O) groups is 1. The Morgan fingerprint density at radius 3 is 2.86 bits per heavy atom. The Labute approximate surface area is 125 Å². The molecule has 1 unspecified atom stereocenters. The van der Waals surface area contributed by atoms with E-state index in [4.69, 9.17) is 0 Å². The second kappa shape index (κ2) is 6.05. The average molecular weight is 291 g/mol. The molecule has 2 N–H and O–H groups in total. The molecule has 116 valence electrons. The Hall–Kier alpha value is -1.56. The zero-order valence-electron chi connectivity index (χ0n) is 12.9. The molecule has 0 spiro atoms. The summed E-state index contributed by atoms with van der Waals surface area (Å²) >= 11 is 0. The highest BCUT2D eigenvalue weighted by Gasteiger charge is 2.25. The van der Waals surface area contributed by atoms with Gasteiger partial charge in [-0.15, -0.1) is 0 Å². The average Bonchev–Trinajstić information content (AvgIpc) is 2.94. The molecule has 21 heavy (non-hydrogen) atoms. The molecule has 1 saturated heterocycles. The molecule has 1 aliphatic heterocycles. The molecule has 1 atom stereocenters. The van der Waals surface area contributed by atoms with Crippen molar-refractivity contribution in [2.24, 2.45) is 0 Å². The first-order valence-electron chi connectivity index (χ1n) is 7.92. The molecular formula is C15H25N5O. The maximum Gasteiger partial charge on any atom is 0.241 e. The highest BCUT2D eigenvalue weighted by Crippen LogP contribution is 2.19. The van der Waals surface area contributed by atoms with E-state index in [1.54, 1.807) is 4.68 Å². The van der Waals surface area contributed by atoms with Crippen LogP contribution in [0.15, 0.2) is 12.4 Å². The third-order valence-electron chi connectivity index (χ3n) is 4.20. The standard InChI is InChI=1S/C15H25N5O/c1-11(2)19-6-5-13(8-19)17-14-7-16-20(9-14)10-15(21)18-12-3-4-12/h7,9,11-13,17H,3-6,8,10H2,1-2H3,(H,18,21). The van der Waals surface area contributed by atoms with Crippen LogP contribution in [0.2, 0.25) is 0 Å². The van der Waals surface area contributed by atoms with E-state index in [0.29, 0.717) is 24.7 Å². The molecule has 2 heterocycles. The van der Waals surface area contributed by atoms with Crippen molar-refractivity contribution in [2.45, 2.75) is 57.8 Å². The maximum atomic E-state index is 11.7. The fourth-order valence-corrected chi connectivity index (χ4v) is 2.78. The van der Waals surface area contributed by atoms with Crippen molar-refractivity contribution in [3.63, 3.8) is 0 Å². The molecule has 1 aromatic heterocycles. The highest BCUT2D eigenvalue weighted by atomic mass is 16.2. The summed E-state index contributed by atoms with van der Waals surface area (Å²) in [5.74, 6) is 0.0546. The van der Waals surface area contributed by atoms with Gasteiger partial charge in [0, 0.05) is 37.4 Å². The van der Waals surface area contributed by atoms with Gasteiger partial charge in [-0.25, -0.2) is 0 Å². The normalized spacial score (nSPS) is 22.7. The van der Waals surface area contributed by atoms with E-state index < -0.39 is 0 Å². The van der Waals surface area contributed by atoms with Crippen molar-refractivity contribution in [2.75, 3.05) is 18.4 Å². The van der Waals surface area contributed by atoms with Crippen LogP contribution in [0.5, 0.6) is 0 Å². The molecule has 0 bridgehead atoms. The van der Waals surface area contributed by atoms with Crippen LogP contribution in [0.25, 0.3) is 0 Å². The summed E-state index contributed by atoms with van der Waals surface area (Å²) in [6, 6.07) is 1.49. The summed E-state index contributed by atoms with van der Waals surface area (Å²) in [7, 11) is 0. The third-order valence-corrected chi connectivity index (χ3v) is 4.20. The fourth-order valence-electron chi connectivity index (χ4n) is 2.78. The number of nitrogens with zero attached hydrogens (tertiary/aromatic N) is 3. The van der Waals surface area contributed by atoms with Gasteiger partial charge in [-0.3, -0.25) is 14.4 Å². The number of hydrogen-bond acceptors (Lipinski definition) is 4. The minimum atomic E-state index is 0.0546. The van der Waals surface area contributed by atoms with Gasteiger partial charge in [-0.1, -0.05) is 0 Å². The van der Waals surface area contributed by atoms with Crippen LogP contribution in [-0.4, -0.2) is 51.8 Å². The smallest absolute Gasteiger partial charge is 0.241 e. The Morgan fingerprint density at radius 1 is 1.38 bits per heavy atom. The summed E-state index contributed by atoms with van der Waals surface area (Å²) in [5.41, 5.74) is 1.00. The van der Waals surface area contributed by atoms with Crippen molar-refractivity contribution in [3.05, 3.63) is 12.4 Å². The maximum absolute atomic E-state index is 11.7. The van der Waals surface area contributed by atoms with Gasteiger partial charge in [0.15, 0.2) is 0 Å². The lowest BCUT2D eigenvalue weighted by atomic mass is 10.2. The van der Waals surface area contributed by atoms with Crippen LogP contribution in [0.1, 0.15) is 33.1 Å².